The second-order valence-corrected chi connectivity index (χ2v) is 5.04. The zero-order chi connectivity index (χ0) is 15.0. The molecule has 0 fully saturated rings. The van der Waals surface area contributed by atoms with Crippen LogP contribution in [0.4, 0.5) is 0 Å². The van der Waals surface area contributed by atoms with Gasteiger partial charge in [-0.1, -0.05) is 20.8 Å². The average molecular weight is 282 g/mol. The summed E-state index contributed by atoms with van der Waals surface area (Å²) in [6.07, 6.45) is 3.99. The Morgan fingerprint density at radius 2 is 2.05 bits per heavy atom. The number of aryl methyl sites for hydroxylation is 1. The number of aromatic nitrogens is 2. The van der Waals surface area contributed by atoms with Crippen molar-refractivity contribution in [3.05, 3.63) is 11.9 Å². The van der Waals surface area contributed by atoms with E-state index < -0.39 is 0 Å². The molecule has 1 N–H and O–H groups in total. The van der Waals surface area contributed by atoms with Crippen molar-refractivity contribution < 1.29 is 4.74 Å². The van der Waals surface area contributed by atoms with Crippen LogP contribution in [-0.4, -0.2) is 48.0 Å². The Morgan fingerprint density at radius 3 is 2.60 bits per heavy atom. The van der Waals surface area contributed by atoms with Gasteiger partial charge in [0.1, 0.15) is 0 Å². The largest absolute Gasteiger partial charge is 0.493 e. The molecule has 0 aliphatic heterocycles. The quantitative estimate of drug-likeness (QED) is 0.714. The Labute approximate surface area is 123 Å². The molecule has 1 rings (SSSR count). The van der Waals surface area contributed by atoms with Gasteiger partial charge in [-0.05, 0) is 39.0 Å². The van der Waals surface area contributed by atoms with Gasteiger partial charge in [0, 0.05) is 7.05 Å². The van der Waals surface area contributed by atoms with Crippen LogP contribution in [-0.2, 0) is 7.05 Å². The van der Waals surface area contributed by atoms with Crippen molar-refractivity contribution in [1.82, 2.24) is 20.0 Å². The number of rotatable bonds is 10. The molecule has 1 aromatic rings. The number of nitrogens with one attached hydrogen (secondary N) is 1. The highest BCUT2D eigenvalue weighted by molar-refractivity contribution is 5.28. The smallest absolute Gasteiger partial charge is 0.161 e. The highest BCUT2D eigenvalue weighted by Crippen LogP contribution is 2.26. The Hall–Kier alpha value is -1.07. The van der Waals surface area contributed by atoms with Gasteiger partial charge in [-0.3, -0.25) is 4.68 Å². The van der Waals surface area contributed by atoms with Crippen LogP contribution in [0.25, 0.3) is 0 Å². The van der Waals surface area contributed by atoms with Gasteiger partial charge >= 0.3 is 0 Å². The van der Waals surface area contributed by atoms with Crippen LogP contribution in [0.3, 0.4) is 0 Å². The highest BCUT2D eigenvalue weighted by atomic mass is 16.5. The zero-order valence-electron chi connectivity index (χ0n) is 13.6. The predicted octanol–water partition coefficient (Wildman–Crippen LogP) is 2.20. The van der Waals surface area contributed by atoms with Crippen LogP contribution in [0.2, 0.25) is 0 Å². The van der Waals surface area contributed by atoms with Crippen molar-refractivity contribution in [1.29, 1.82) is 0 Å². The molecule has 116 valence electrons. The molecule has 1 atom stereocenters. The summed E-state index contributed by atoms with van der Waals surface area (Å²) in [7, 11) is 3.69. The molecule has 0 bridgehead atoms. The molecule has 0 spiro atoms. The second kappa shape index (κ2) is 8.97. The Kier molecular flexibility index (Phi) is 7.62. The lowest BCUT2D eigenvalue weighted by Crippen LogP contribution is -2.31. The highest BCUT2D eigenvalue weighted by Gasteiger charge is 2.20. The monoisotopic (exact) mass is 282 g/mol. The van der Waals surface area contributed by atoms with Crippen molar-refractivity contribution in [2.75, 3.05) is 33.3 Å². The van der Waals surface area contributed by atoms with Crippen LogP contribution >= 0.6 is 0 Å². The van der Waals surface area contributed by atoms with Crippen molar-refractivity contribution in [3.8, 4) is 5.75 Å². The average Bonchev–Trinajstić information content (AvgIpc) is 2.84. The summed E-state index contributed by atoms with van der Waals surface area (Å²) in [6, 6.07) is 0.290. The summed E-state index contributed by atoms with van der Waals surface area (Å²) in [5.41, 5.74) is 1.15. The fraction of sp³-hybridized carbons (Fsp3) is 0.800. The third-order valence-corrected chi connectivity index (χ3v) is 3.77. The zero-order valence-corrected chi connectivity index (χ0v) is 13.6. The van der Waals surface area contributed by atoms with E-state index in [9.17, 15) is 0 Å². The molecule has 0 saturated heterocycles. The molecule has 0 saturated carbocycles. The molecular formula is C15H30N4O. The third kappa shape index (κ3) is 4.49. The molecule has 20 heavy (non-hydrogen) atoms. The van der Waals surface area contributed by atoms with Crippen molar-refractivity contribution in [3.63, 3.8) is 0 Å². The van der Waals surface area contributed by atoms with Crippen LogP contribution in [0.1, 0.15) is 45.3 Å². The number of hydrogen-bond donors (Lipinski definition) is 1. The van der Waals surface area contributed by atoms with E-state index in [1.165, 1.54) is 0 Å². The molecule has 0 aliphatic rings. The number of methoxy groups -OCH3 is 1. The Balaban J connectivity index is 2.79. The van der Waals surface area contributed by atoms with Crippen LogP contribution in [0.5, 0.6) is 5.75 Å². The van der Waals surface area contributed by atoms with Crippen molar-refractivity contribution in [2.24, 2.45) is 7.05 Å². The SMILES string of the molecule is CCCNC(CCN(CC)CC)c1c(OC)cnn1C. The molecule has 1 heterocycles. The number of nitrogens with zero attached hydrogens (tertiary/aromatic N) is 3. The van der Waals surface area contributed by atoms with E-state index in [-0.39, 0.29) is 6.04 Å². The van der Waals surface area contributed by atoms with Gasteiger partial charge in [-0.2, -0.15) is 5.10 Å². The van der Waals surface area contributed by atoms with Gasteiger partial charge in [0.15, 0.2) is 5.75 Å². The molecular weight excluding hydrogens is 252 g/mol. The summed E-state index contributed by atoms with van der Waals surface area (Å²) in [4.78, 5) is 2.45. The minimum absolute atomic E-state index is 0.290. The maximum Gasteiger partial charge on any atom is 0.161 e. The van der Waals surface area contributed by atoms with Crippen LogP contribution in [0, 0.1) is 0 Å². The van der Waals surface area contributed by atoms with E-state index in [0.717, 1.165) is 50.5 Å². The van der Waals surface area contributed by atoms with Crippen molar-refractivity contribution >= 4 is 0 Å². The first-order valence-electron chi connectivity index (χ1n) is 7.69. The van der Waals surface area contributed by atoms with Gasteiger partial charge < -0.3 is 15.0 Å². The first-order chi connectivity index (χ1) is 9.67. The van der Waals surface area contributed by atoms with E-state index in [1.807, 2.05) is 11.7 Å². The molecule has 5 nitrogen and oxygen atoms in total. The van der Waals surface area contributed by atoms with Crippen LogP contribution < -0.4 is 10.1 Å². The first kappa shape index (κ1) is 17.0. The molecule has 0 aliphatic carbocycles. The molecule has 5 heteroatoms. The van der Waals surface area contributed by atoms with E-state index in [1.54, 1.807) is 13.3 Å². The number of hydrogen-bond acceptors (Lipinski definition) is 4. The summed E-state index contributed by atoms with van der Waals surface area (Å²) < 4.78 is 7.37. The van der Waals surface area contributed by atoms with E-state index in [4.69, 9.17) is 4.74 Å². The minimum atomic E-state index is 0.290. The van der Waals surface area contributed by atoms with Crippen molar-refractivity contribution in [2.45, 2.75) is 39.7 Å². The lowest BCUT2D eigenvalue weighted by molar-refractivity contribution is 0.276. The molecule has 0 aromatic carbocycles. The van der Waals surface area contributed by atoms with E-state index in [0.29, 0.717) is 0 Å². The third-order valence-electron chi connectivity index (χ3n) is 3.77. The number of ether oxygens (including phenoxy) is 1. The van der Waals surface area contributed by atoms with Gasteiger partial charge in [0.2, 0.25) is 0 Å². The maximum atomic E-state index is 5.45. The maximum absolute atomic E-state index is 5.45. The summed E-state index contributed by atoms with van der Waals surface area (Å²) >= 11 is 0. The van der Waals surface area contributed by atoms with Crippen LogP contribution in [0.15, 0.2) is 6.20 Å². The predicted molar refractivity (Wildman–Crippen MR) is 83.2 cm³/mol. The summed E-state index contributed by atoms with van der Waals surface area (Å²) in [5.74, 6) is 0.876. The fourth-order valence-corrected chi connectivity index (χ4v) is 2.49. The summed E-state index contributed by atoms with van der Waals surface area (Å²) in [6.45, 7) is 10.9. The minimum Gasteiger partial charge on any atom is -0.493 e. The molecule has 1 unspecified atom stereocenters. The normalized spacial score (nSPS) is 12.9. The Bertz CT molecular complexity index is 374. The lowest BCUT2D eigenvalue weighted by Gasteiger charge is -2.24. The summed E-state index contributed by atoms with van der Waals surface area (Å²) in [5, 5.41) is 7.95. The second-order valence-electron chi connectivity index (χ2n) is 5.04. The lowest BCUT2D eigenvalue weighted by atomic mass is 10.1. The van der Waals surface area contributed by atoms with Gasteiger partial charge in [-0.25, -0.2) is 0 Å². The van der Waals surface area contributed by atoms with E-state index in [2.05, 4.69) is 36.1 Å². The standard InChI is InChI=1S/C15H30N4O/c1-6-10-16-13(9-11-19(7-2)8-3)15-14(20-5)12-17-18(15)4/h12-13,16H,6-11H2,1-5H3. The molecule has 0 radical (unpaired) electrons. The van der Waals surface area contributed by atoms with Gasteiger partial charge in [-0.15, -0.1) is 0 Å². The fourth-order valence-electron chi connectivity index (χ4n) is 2.49. The molecule has 0 amide bonds. The van der Waals surface area contributed by atoms with Gasteiger partial charge in [0.05, 0.1) is 25.0 Å². The molecule has 1 aromatic heterocycles. The first-order valence-corrected chi connectivity index (χ1v) is 7.69. The van der Waals surface area contributed by atoms with Gasteiger partial charge in [0.25, 0.3) is 0 Å². The topological polar surface area (TPSA) is 42.3 Å². The van der Waals surface area contributed by atoms with E-state index >= 15 is 0 Å². The Morgan fingerprint density at radius 1 is 1.35 bits per heavy atom.